The highest BCUT2D eigenvalue weighted by molar-refractivity contribution is 7.90. The zero-order valence-corrected chi connectivity index (χ0v) is 17.6. The Morgan fingerprint density at radius 3 is 2.26 bits per heavy atom. The van der Waals surface area contributed by atoms with Crippen LogP contribution in [0.15, 0.2) is 111 Å². The first-order chi connectivity index (χ1) is 15.0. The van der Waals surface area contributed by atoms with E-state index in [1.54, 1.807) is 30.3 Å². The number of hydrogen-bond donors (Lipinski definition) is 0. The molecule has 0 amide bonds. The van der Waals surface area contributed by atoms with Crippen LogP contribution in [0.2, 0.25) is 0 Å². The van der Waals surface area contributed by atoms with Crippen molar-refractivity contribution >= 4 is 31.8 Å². The van der Waals surface area contributed by atoms with Crippen LogP contribution in [0.25, 0.3) is 33.1 Å². The molecule has 0 N–H and O–H groups in total. The van der Waals surface area contributed by atoms with Gasteiger partial charge >= 0.3 is 0 Å². The summed E-state index contributed by atoms with van der Waals surface area (Å²) in [6.45, 7) is 1.91. The Hall–Kier alpha value is -3.70. The Labute approximate surface area is 180 Å². The van der Waals surface area contributed by atoms with Crippen molar-refractivity contribution in [2.75, 3.05) is 0 Å². The number of aryl methyl sites for hydroxylation is 1. The van der Waals surface area contributed by atoms with Crippen LogP contribution in [0.1, 0.15) is 5.56 Å². The summed E-state index contributed by atoms with van der Waals surface area (Å²) in [4.78, 5) is 0.161. The quantitative estimate of drug-likeness (QED) is 0.341. The van der Waals surface area contributed by atoms with E-state index < -0.39 is 10.0 Å². The van der Waals surface area contributed by atoms with Crippen molar-refractivity contribution in [1.82, 2.24) is 0 Å². The second-order valence-electron chi connectivity index (χ2n) is 7.40. The van der Waals surface area contributed by atoms with E-state index in [0.29, 0.717) is 22.1 Å². The van der Waals surface area contributed by atoms with E-state index in [1.165, 1.54) is 0 Å². The highest BCUT2D eigenvalue weighted by Crippen LogP contribution is 2.27. The molecule has 0 saturated heterocycles. The van der Waals surface area contributed by atoms with Gasteiger partial charge < -0.3 is 4.42 Å². The number of rotatable bonds is 3. The Bertz CT molecular complexity index is 1580. The van der Waals surface area contributed by atoms with Gasteiger partial charge in [0.1, 0.15) is 11.3 Å². The van der Waals surface area contributed by atoms with Crippen molar-refractivity contribution < 1.29 is 12.8 Å². The van der Waals surface area contributed by atoms with Crippen LogP contribution < -0.4 is 5.36 Å². The molecule has 1 aromatic heterocycles. The van der Waals surface area contributed by atoms with E-state index in [1.807, 2.05) is 73.7 Å². The lowest BCUT2D eigenvalue weighted by Gasteiger charge is -2.08. The molecule has 4 nitrogen and oxygen atoms in total. The molecule has 5 rings (SSSR count). The fourth-order valence-electron chi connectivity index (χ4n) is 3.65. The molecule has 31 heavy (non-hydrogen) atoms. The monoisotopic (exact) mass is 425 g/mol. The highest BCUT2D eigenvalue weighted by Gasteiger charge is 2.15. The summed E-state index contributed by atoms with van der Waals surface area (Å²) in [5.41, 5.74) is 2.42. The molecule has 0 spiro atoms. The van der Waals surface area contributed by atoms with Crippen molar-refractivity contribution in [2.24, 2.45) is 4.40 Å². The molecular formula is C26H19NO3S. The van der Waals surface area contributed by atoms with Gasteiger partial charge in [0.05, 0.1) is 15.6 Å². The van der Waals surface area contributed by atoms with Crippen LogP contribution >= 0.6 is 0 Å². The molecule has 4 aromatic carbocycles. The number of nitrogens with zero attached hydrogens (tertiary/aromatic N) is 1. The average molecular weight is 426 g/mol. The SMILES string of the molecule is Cc1ccc(S(=O)(=O)/N=c2\cc(-c3ccccc3)oc3ccc4ccccc4c23)cc1. The highest BCUT2D eigenvalue weighted by atomic mass is 32.2. The van der Waals surface area contributed by atoms with Gasteiger partial charge in [0, 0.05) is 11.6 Å². The maximum absolute atomic E-state index is 13.1. The van der Waals surface area contributed by atoms with Gasteiger partial charge in [-0.2, -0.15) is 12.8 Å². The van der Waals surface area contributed by atoms with Crippen LogP contribution in [-0.4, -0.2) is 8.42 Å². The van der Waals surface area contributed by atoms with Gasteiger partial charge in [0.25, 0.3) is 10.0 Å². The van der Waals surface area contributed by atoms with Crippen LogP contribution in [0.4, 0.5) is 0 Å². The van der Waals surface area contributed by atoms with Crippen LogP contribution in [0, 0.1) is 6.92 Å². The van der Waals surface area contributed by atoms with Gasteiger partial charge in [-0.1, -0.05) is 78.4 Å². The summed E-state index contributed by atoms with van der Waals surface area (Å²) in [5.74, 6) is 0.557. The molecule has 0 aliphatic heterocycles. The van der Waals surface area contributed by atoms with Crippen LogP contribution in [0.5, 0.6) is 0 Å². The first-order valence-electron chi connectivity index (χ1n) is 9.90. The maximum atomic E-state index is 13.1. The van der Waals surface area contributed by atoms with Gasteiger partial charge in [-0.25, -0.2) is 0 Å². The fraction of sp³-hybridized carbons (Fsp3) is 0.0385. The predicted molar refractivity (Wildman–Crippen MR) is 123 cm³/mol. The molecule has 0 fully saturated rings. The first-order valence-corrected chi connectivity index (χ1v) is 11.3. The number of fused-ring (bicyclic) bond motifs is 3. The van der Waals surface area contributed by atoms with Crippen LogP contribution in [0.3, 0.4) is 0 Å². The number of benzene rings is 4. The van der Waals surface area contributed by atoms with E-state index in [0.717, 1.165) is 21.9 Å². The van der Waals surface area contributed by atoms with E-state index >= 15 is 0 Å². The van der Waals surface area contributed by atoms with Gasteiger partial charge in [-0.15, -0.1) is 0 Å². The molecule has 0 radical (unpaired) electrons. The lowest BCUT2D eigenvalue weighted by atomic mass is 10.0. The molecule has 0 aliphatic carbocycles. The predicted octanol–water partition coefficient (Wildman–Crippen LogP) is 5.85. The first kappa shape index (κ1) is 19.3. The molecule has 0 aliphatic rings. The van der Waals surface area contributed by atoms with Crippen molar-refractivity contribution in [2.45, 2.75) is 11.8 Å². The third kappa shape index (κ3) is 3.64. The molecule has 0 unspecified atom stereocenters. The minimum absolute atomic E-state index is 0.161. The Morgan fingerprint density at radius 2 is 1.48 bits per heavy atom. The standard InChI is InChI=1S/C26H19NO3S/c1-18-11-14-21(15-12-18)31(28,29)27-23-17-25(20-8-3-2-4-9-20)30-24-16-13-19-7-5-6-10-22(19)26(23)24/h2-17H,1H3/b27-23+. The van der Waals surface area contributed by atoms with Gasteiger partial charge in [-0.3, -0.25) is 0 Å². The second-order valence-corrected chi connectivity index (χ2v) is 9.01. The zero-order chi connectivity index (χ0) is 21.4. The number of sulfonamides is 1. The molecule has 0 atom stereocenters. The summed E-state index contributed by atoms with van der Waals surface area (Å²) in [6.07, 6.45) is 0. The Kier molecular flexibility index (Phi) is 4.68. The third-order valence-electron chi connectivity index (χ3n) is 5.23. The second kappa shape index (κ2) is 7.52. The van der Waals surface area contributed by atoms with Gasteiger partial charge in [0.2, 0.25) is 0 Å². The zero-order valence-electron chi connectivity index (χ0n) is 16.8. The van der Waals surface area contributed by atoms with Gasteiger partial charge in [-0.05, 0) is 35.9 Å². The minimum atomic E-state index is -3.91. The topological polar surface area (TPSA) is 59.6 Å². The minimum Gasteiger partial charge on any atom is -0.456 e. The van der Waals surface area contributed by atoms with Crippen molar-refractivity contribution in [3.8, 4) is 11.3 Å². The Morgan fingerprint density at radius 1 is 0.774 bits per heavy atom. The normalized spacial score (nSPS) is 12.5. The van der Waals surface area contributed by atoms with Crippen molar-refractivity contribution in [1.29, 1.82) is 0 Å². The van der Waals surface area contributed by atoms with Gasteiger partial charge in [0.15, 0.2) is 0 Å². The number of hydrogen-bond acceptors (Lipinski definition) is 3. The van der Waals surface area contributed by atoms with Crippen molar-refractivity contribution in [3.63, 3.8) is 0 Å². The van der Waals surface area contributed by atoms with Crippen molar-refractivity contribution in [3.05, 3.63) is 108 Å². The largest absolute Gasteiger partial charge is 0.456 e. The molecule has 0 bridgehead atoms. The summed E-state index contributed by atoms with van der Waals surface area (Å²) >= 11 is 0. The molecule has 5 heteroatoms. The lowest BCUT2D eigenvalue weighted by molar-refractivity contribution is 0.596. The Balaban J connectivity index is 1.87. The lowest BCUT2D eigenvalue weighted by Crippen LogP contribution is -2.10. The van der Waals surface area contributed by atoms with E-state index in [2.05, 4.69) is 4.40 Å². The third-order valence-corrected chi connectivity index (χ3v) is 6.54. The summed E-state index contributed by atoms with van der Waals surface area (Å²) in [5, 5.41) is 2.91. The summed E-state index contributed by atoms with van der Waals surface area (Å²) in [6, 6.07) is 29.6. The van der Waals surface area contributed by atoms with E-state index in [-0.39, 0.29) is 4.90 Å². The smallest absolute Gasteiger partial charge is 0.282 e. The fourth-order valence-corrected chi connectivity index (χ4v) is 4.64. The molecule has 0 saturated carbocycles. The summed E-state index contributed by atoms with van der Waals surface area (Å²) in [7, 11) is -3.91. The van der Waals surface area contributed by atoms with Crippen LogP contribution in [-0.2, 0) is 10.0 Å². The van der Waals surface area contributed by atoms with E-state index in [4.69, 9.17) is 4.42 Å². The molecule has 152 valence electrons. The molecule has 5 aromatic rings. The maximum Gasteiger partial charge on any atom is 0.282 e. The average Bonchev–Trinajstić information content (AvgIpc) is 2.79. The van der Waals surface area contributed by atoms with E-state index in [9.17, 15) is 8.42 Å². The molecule has 1 heterocycles. The molecular weight excluding hydrogens is 406 g/mol. The summed E-state index contributed by atoms with van der Waals surface area (Å²) < 4.78 is 36.7.